The highest BCUT2D eigenvalue weighted by atomic mass is 32.1. The summed E-state index contributed by atoms with van der Waals surface area (Å²) in [4.78, 5) is 3.66. The van der Waals surface area contributed by atoms with Crippen molar-refractivity contribution in [2.75, 3.05) is 20.6 Å². The van der Waals surface area contributed by atoms with Gasteiger partial charge in [0.2, 0.25) is 0 Å². The Hall–Kier alpha value is -1.36. The van der Waals surface area contributed by atoms with Gasteiger partial charge in [0.05, 0.1) is 12.1 Å². The molecule has 0 bridgehead atoms. The highest BCUT2D eigenvalue weighted by Crippen LogP contribution is 2.22. The normalized spacial score (nSPS) is 12.8. The van der Waals surface area contributed by atoms with E-state index < -0.39 is 0 Å². The molecular weight excluding hydrogens is 292 g/mol. The molecule has 1 unspecified atom stereocenters. The van der Waals surface area contributed by atoms with Crippen molar-refractivity contribution in [3.05, 3.63) is 52.2 Å². The first kappa shape index (κ1) is 17.0. The Bertz CT molecular complexity index is 535. The highest BCUT2D eigenvalue weighted by Gasteiger charge is 2.14. The fourth-order valence-corrected chi connectivity index (χ4v) is 3.25. The van der Waals surface area contributed by atoms with Gasteiger partial charge in [-0.3, -0.25) is 0 Å². The van der Waals surface area contributed by atoms with E-state index in [4.69, 9.17) is 4.74 Å². The van der Waals surface area contributed by atoms with Crippen LogP contribution in [0.25, 0.3) is 0 Å². The van der Waals surface area contributed by atoms with Gasteiger partial charge in [-0.05, 0) is 57.1 Å². The molecule has 0 amide bonds. The minimum absolute atomic E-state index is 0.218. The number of hydrogen-bond donors (Lipinski definition) is 1. The number of thiophene rings is 1. The van der Waals surface area contributed by atoms with E-state index in [-0.39, 0.29) is 6.10 Å². The minimum atomic E-state index is 0.218. The summed E-state index contributed by atoms with van der Waals surface area (Å²) in [6.45, 7) is 5.90. The zero-order valence-corrected chi connectivity index (χ0v) is 14.7. The topological polar surface area (TPSA) is 24.5 Å². The fraction of sp³-hybridized carbons (Fsp3) is 0.444. The van der Waals surface area contributed by atoms with Gasteiger partial charge in [0, 0.05) is 18.0 Å². The molecule has 1 N–H and O–H groups in total. The molecule has 4 heteroatoms. The molecule has 0 spiro atoms. The second-order valence-electron chi connectivity index (χ2n) is 5.94. The summed E-state index contributed by atoms with van der Waals surface area (Å²) < 4.78 is 5.67. The zero-order valence-electron chi connectivity index (χ0n) is 13.9. The van der Waals surface area contributed by atoms with Crippen molar-refractivity contribution in [2.45, 2.75) is 32.5 Å². The predicted octanol–water partition coefficient (Wildman–Crippen LogP) is 3.93. The molecule has 0 saturated heterocycles. The van der Waals surface area contributed by atoms with Gasteiger partial charge in [-0.1, -0.05) is 18.2 Å². The fourth-order valence-electron chi connectivity index (χ4n) is 2.33. The quantitative estimate of drug-likeness (QED) is 0.798. The van der Waals surface area contributed by atoms with E-state index in [0.717, 1.165) is 18.8 Å². The number of nitrogens with zero attached hydrogens (tertiary/aromatic N) is 1. The maximum atomic E-state index is 5.67. The third-order valence-corrected chi connectivity index (χ3v) is 4.43. The smallest absolute Gasteiger partial charge is 0.119 e. The van der Waals surface area contributed by atoms with Gasteiger partial charge >= 0.3 is 0 Å². The molecular formula is C18H26N2OS. The van der Waals surface area contributed by atoms with Crippen LogP contribution in [0.4, 0.5) is 0 Å². The molecule has 0 radical (unpaired) electrons. The SMILES string of the molecule is CC(C)Oc1ccc(CNCC(c2cccs2)N(C)C)cc1. The summed E-state index contributed by atoms with van der Waals surface area (Å²) in [6, 6.07) is 13.1. The van der Waals surface area contributed by atoms with E-state index in [1.807, 2.05) is 37.3 Å². The molecule has 0 aliphatic carbocycles. The minimum Gasteiger partial charge on any atom is -0.491 e. The summed E-state index contributed by atoms with van der Waals surface area (Å²) in [5, 5.41) is 5.69. The number of rotatable bonds is 8. The number of nitrogens with one attached hydrogen (secondary N) is 1. The summed E-state index contributed by atoms with van der Waals surface area (Å²) in [5.41, 5.74) is 1.28. The van der Waals surface area contributed by atoms with Crippen molar-refractivity contribution in [2.24, 2.45) is 0 Å². The Morgan fingerprint density at radius 3 is 2.41 bits per heavy atom. The van der Waals surface area contributed by atoms with E-state index >= 15 is 0 Å². The molecule has 120 valence electrons. The van der Waals surface area contributed by atoms with Gasteiger partial charge in [-0.15, -0.1) is 11.3 Å². The first-order valence-corrected chi connectivity index (χ1v) is 8.60. The molecule has 2 rings (SSSR count). The molecule has 22 heavy (non-hydrogen) atoms. The second-order valence-corrected chi connectivity index (χ2v) is 6.92. The molecule has 3 nitrogen and oxygen atoms in total. The lowest BCUT2D eigenvalue weighted by molar-refractivity contribution is 0.242. The lowest BCUT2D eigenvalue weighted by Crippen LogP contribution is -2.30. The van der Waals surface area contributed by atoms with Crippen LogP contribution < -0.4 is 10.1 Å². The first-order chi connectivity index (χ1) is 10.6. The van der Waals surface area contributed by atoms with E-state index in [1.54, 1.807) is 0 Å². The number of hydrogen-bond acceptors (Lipinski definition) is 4. The van der Waals surface area contributed by atoms with E-state index in [1.165, 1.54) is 10.4 Å². The third kappa shape index (κ3) is 5.13. The Labute approximate surface area is 137 Å². The van der Waals surface area contributed by atoms with Crippen LogP contribution in [0.1, 0.15) is 30.3 Å². The van der Waals surface area contributed by atoms with E-state index in [2.05, 4.69) is 54.0 Å². The van der Waals surface area contributed by atoms with E-state index in [9.17, 15) is 0 Å². The van der Waals surface area contributed by atoms with Crippen LogP contribution in [0.15, 0.2) is 41.8 Å². The van der Waals surface area contributed by atoms with Crippen LogP contribution in [0.2, 0.25) is 0 Å². The van der Waals surface area contributed by atoms with Crippen LogP contribution in [0, 0.1) is 0 Å². The molecule has 2 aromatic rings. The van der Waals surface area contributed by atoms with Crippen LogP contribution in [-0.4, -0.2) is 31.6 Å². The lowest BCUT2D eigenvalue weighted by atomic mass is 10.2. The maximum absolute atomic E-state index is 5.67. The molecule has 0 fully saturated rings. The van der Waals surface area contributed by atoms with Gasteiger partial charge in [-0.2, -0.15) is 0 Å². The van der Waals surface area contributed by atoms with Crippen molar-refractivity contribution < 1.29 is 4.74 Å². The summed E-state index contributed by atoms with van der Waals surface area (Å²) >= 11 is 1.81. The van der Waals surface area contributed by atoms with Gasteiger partial charge in [0.15, 0.2) is 0 Å². The van der Waals surface area contributed by atoms with Gasteiger partial charge in [0.25, 0.3) is 0 Å². The molecule has 0 aliphatic heterocycles. The molecule has 1 aromatic carbocycles. The standard InChI is InChI=1S/C18H26N2OS/c1-14(2)21-16-9-7-15(8-10-16)12-19-13-17(20(3)4)18-6-5-11-22-18/h5-11,14,17,19H,12-13H2,1-4H3. The van der Waals surface area contributed by atoms with Crippen molar-refractivity contribution in [1.82, 2.24) is 10.2 Å². The average Bonchev–Trinajstić information content (AvgIpc) is 2.98. The van der Waals surface area contributed by atoms with Crippen LogP contribution >= 0.6 is 11.3 Å². The lowest BCUT2D eigenvalue weighted by Gasteiger charge is -2.23. The van der Waals surface area contributed by atoms with Crippen molar-refractivity contribution in [1.29, 1.82) is 0 Å². The predicted molar refractivity (Wildman–Crippen MR) is 94.7 cm³/mol. The Balaban J connectivity index is 1.84. The zero-order chi connectivity index (χ0) is 15.9. The van der Waals surface area contributed by atoms with Gasteiger partial charge in [-0.25, -0.2) is 0 Å². The molecule has 1 aromatic heterocycles. The number of ether oxygens (including phenoxy) is 1. The van der Waals surface area contributed by atoms with Crippen molar-refractivity contribution in [3.63, 3.8) is 0 Å². The summed E-state index contributed by atoms with van der Waals surface area (Å²) in [6.07, 6.45) is 0.218. The van der Waals surface area contributed by atoms with Crippen LogP contribution in [-0.2, 0) is 6.54 Å². The average molecular weight is 318 g/mol. The Morgan fingerprint density at radius 1 is 1.14 bits per heavy atom. The Morgan fingerprint density at radius 2 is 1.86 bits per heavy atom. The van der Waals surface area contributed by atoms with Crippen molar-refractivity contribution >= 4 is 11.3 Å². The van der Waals surface area contributed by atoms with Crippen LogP contribution in [0.5, 0.6) is 5.75 Å². The molecule has 0 aliphatic rings. The third-order valence-electron chi connectivity index (χ3n) is 3.46. The van der Waals surface area contributed by atoms with Gasteiger partial charge < -0.3 is 15.0 Å². The van der Waals surface area contributed by atoms with Gasteiger partial charge in [0.1, 0.15) is 5.75 Å². The molecule has 1 atom stereocenters. The monoisotopic (exact) mass is 318 g/mol. The van der Waals surface area contributed by atoms with Crippen LogP contribution in [0.3, 0.4) is 0 Å². The molecule has 1 heterocycles. The summed E-state index contributed by atoms with van der Waals surface area (Å²) in [5.74, 6) is 0.934. The van der Waals surface area contributed by atoms with Crippen molar-refractivity contribution in [3.8, 4) is 5.75 Å². The second kappa shape index (κ2) is 8.32. The molecule has 0 saturated carbocycles. The highest BCUT2D eigenvalue weighted by molar-refractivity contribution is 7.10. The maximum Gasteiger partial charge on any atom is 0.119 e. The Kier molecular flexibility index (Phi) is 6.43. The summed E-state index contributed by atoms with van der Waals surface area (Å²) in [7, 11) is 4.26. The largest absolute Gasteiger partial charge is 0.491 e. The first-order valence-electron chi connectivity index (χ1n) is 7.72. The number of likely N-dealkylation sites (N-methyl/N-ethyl adjacent to an activating group) is 1. The number of benzene rings is 1. The van der Waals surface area contributed by atoms with E-state index in [0.29, 0.717) is 6.04 Å².